The first-order chi connectivity index (χ1) is 8.78. The number of hydrogen-bond acceptors (Lipinski definition) is 2. The standard InChI is InChI=1S/C14H15N3O/c1-2-11-3-5-12(6-4-11)7-8-14(18)16-13-9-10-15-17-13/h3-10H,2H2,1H3,(H2,15,16,17,18)/b8-7+. The maximum Gasteiger partial charge on any atom is 0.249 e. The number of nitrogens with zero attached hydrogens (tertiary/aromatic N) is 1. The molecule has 0 aliphatic carbocycles. The van der Waals surface area contributed by atoms with Crippen LogP contribution in [0.15, 0.2) is 42.6 Å². The number of carbonyl (C=O) groups excluding carboxylic acids is 1. The summed E-state index contributed by atoms with van der Waals surface area (Å²) in [4.78, 5) is 11.6. The van der Waals surface area contributed by atoms with E-state index in [1.165, 1.54) is 11.6 Å². The number of nitrogens with one attached hydrogen (secondary N) is 2. The van der Waals surface area contributed by atoms with E-state index in [0.29, 0.717) is 5.82 Å². The lowest BCUT2D eigenvalue weighted by Crippen LogP contribution is -2.07. The lowest BCUT2D eigenvalue weighted by Gasteiger charge is -1.98. The van der Waals surface area contributed by atoms with Crippen LogP contribution in [0.25, 0.3) is 6.08 Å². The van der Waals surface area contributed by atoms with E-state index in [9.17, 15) is 4.79 Å². The Labute approximate surface area is 106 Å². The van der Waals surface area contributed by atoms with E-state index >= 15 is 0 Å². The van der Waals surface area contributed by atoms with Gasteiger partial charge in [0, 0.05) is 12.1 Å². The second-order valence-corrected chi connectivity index (χ2v) is 3.89. The highest BCUT2D eigenvalue weighted by Crippen LogP contribution is 2.07. The Bertz CT molecular complexity index is 527. The van der Waals surface area contributed by atoms with Gasteiger partial charge in [-0.2, -0.15) is 5.10 Å². The fourth-order valence-electron chi connectivity index (χ4n) is 1.54. The number of aromatic nitrogens is 2. The minimum absolute atomic E-state index is 0.182. The average molecular weight is 241 g/mol. The molecule has 2 N–H and O–H groups in total. The molecule has 1 aromatic carbocycles. The van der Waals surface area contributed by atoms with Crippen LogP contribution in [0.1, 0.15) is 18.1 Å². The third-order valence-electron chi connectivity index (χ3n) is 2.57. The molecular weight excluding hydrogens is 226 g/mol. The average Bonchev–Trinajstić information content (AvgIpc) is 2.90. The van der Waals surface area contributed by atoms with Crippen LogP contribution in [-0.4, -0.2) is 16.1 Å². The summed E-state index contributed by atoms with van der Waals surface area (Å²) in [6.45, 7) is 2.11. The molecule has 0 radical (unpaired) electrons. The first kappa shape index (κ1) is 12.1. The largest absolute Gasteiger partial charge is 0.307 e. The van der Waals surface area contributed by atoms with Crippen molar-refractivity contribution in [3.05, 3.63) is 53.7 Å². The van der Waals surface area contributed by atoms with Crippen LogP contribution >= 0.6 is 0 Å². The molecular formula is C14H15N3O. The zero-order valence-corrected chi connectivity index (χ0v) is 10.2. The van der Waals surface area contributed by atoms with Gasteiger partial charge in [0.25, 0.3) is 0 Å². The monoisotopic (exact) mass is 241 g/mol. The van der Waals surface area contributed by atoms with Crippen molar-refractivity contribution in [1.82, 2.24) is 10.2 Å². The molecule has 4 heteroatoms. The lowest BCUT2D eigenvalue weighted by atomic mass is 10.1. The Morgan fingerprint density at radius 3 is 2.72 bits per heavy atom. The second kappa shape index (κ2) is 5.82. The van der Waals surface area contributed by atoms with Crippen molar-refractivity contribution >= 4 is 17.8 Å². The molecule has 18 heavy (non-hydrogen) atoms. The van der Waals surface area contributed by atoms with Gasteiger partial charge in [-0.15, -0.1) is 0 Å². The van der Waals surface area contributed by atoms with Crippen LogP contribution in [0.2, 0.25) is 0 Å². The molecule has 0 saturated heterocycles. The van der Waals surface area contributed by atoms with Crippen molar-refractivity contribution in [2.75, 3.05) is 5.32 Å². The van der Waals surface area contributed by atoms with E-state index in [1.54, 1.807) is 18.3 Å². The number of aromatic amines is 1. The fraction of sp³-hybridized carbons (Fsp3) is 0.143. The van der Waals surface area contributed by atoms with Gasteiger partial charge in [-0.05, 0) is 23.6 Å². The summed E-state index contributed by atoms with van der Waals surface area (Å²) in [5.74, 6) is 0.407. The summed E-state index contributed by atoms with van der Waals surface area (Å²) in [6.07, 6.45) is 5.89. The number of benzene rings is 1. The number of aryl methyl sites for hydroxylation is 1. The van der Waals surface area contributed by atoms with Gasteiger partial charge < -0.3 is 5.32 Å². The number of rotatable bonds is 4. The van der Waals surface area contributed by atoms with E-state index in [-0.39, 0.29) is 5.91 Å². The van der Waals surface area contributed by atoms with Crippen LogP contribution in [-0.2, 0) is 11.2 Å². The number of carbonyl (C=O) groups is 1. The Morgan fingerprint density at radius 1 is 1.33 bits per heavy atom. The van der Waals surface area contributed by atoms with Gasteiger partial charge in [0.1, 0.15) is 5.82 Å². The SMILES string of the molecule is CCc1ccc(/C=C/C(=O)Nc2ccn[nH]2)cc1. The minimum Gasteiger partial charge on any atom is -0.307 e. The van der Waals surface area contributed by atoms with Crippen molar-refractivity contribution in [3.8, 4) is 0 Å². The van der Waals surface area contributed by atoms with Gasteiger partial charge in [-0.1, -0.05) is 31.2 Å². The Kier molecular flexibility index (Phi) is 3.91. The highest BCUT2D eigenvalue weighted by atomic mass is 16.1. The first-order valence-corrected chi connectivity index (χ1v) is 5.85. The molecule has 2 rings (SSSR count). The molecule has 4 nitrogen and oxygen atoms in total. The summed E-state index contributed by atoms with van der Waals surface area (Å²) >= 11 is 0. The summed E-state index contributed by atoms with van der Waals surface area (Å²) < 4.78 is 0. The molecule has 2 aromatic rings. The molecule has 0 aliphatic rings. The molecule has 1 aromatic heterocycles. The number of anilines is 1. The summed E-state index contributed by atoms with van der Waals surface area (Å²) in [5.41, 5.74) is 2.29. The predicted molar refractivity (Wildman–Crippen MR) is 72.1 cm³/mol. The van der Waals surface area contributed by atoms with Crippen molar-refractivity contribution in [2.45, 2.75) is 13.3 Å². The third kappa shape index (κ3) is 3.31. The van der Waals surface area contributed by atoms with Gasteiger partial charge in [0.15, 0.2) is 0 Å². The molecule has 0 atom stereocenters. The summed E-state index contributed by atoms with van der Waals surface area (Å²) in [6, 6.07) is 9.82. The molecule has 1 heterocycles. The molecule has 1 amide bonds. The topological polar surface area (TPSA) is 57.8 Å². The molecule has 92 valence electrons. The maximum absolute atomic E-state index is 11.6. The van der Waals surface area contributed by atoms with Gasteiger partial charge in [0.2, 0.25) is 5.91 Å². The van der Waals surface area contributed by atoms with Crippen LogP contribution in [0.4, 0.5) is 5.82 Å². The summed E-state index contributed by atoms with van der Waals surface area (Å²) in [5, 5.41) is 9.09. The van der Waals surface area contributed by atoms with E-state index in [1.807, 2.05) is 12.1 Å². The number of amides is 1. The lowest BCUT2D eigenvalue weighted by molar-refractivity contribution is -0.111. The van der Waals surface area contributed by atoms with E-state index in [2.05, 4.69) is 34.6 Å². The van der Waals surface area contributed by atoms with Crippen molar-refractivity contribution in [3.63, 3.8) is 0 Å². The Balaban J connectivity index is 1.95. The molecule has 0 saturated carbocycles. The van der Waals surface area contributed by atoms with E-state index in [0.717, 1.165) is 12.0 Å². The molecule has 0 unspecified atom stereocenters. The van der Waals surface area contributed by atoms with Gasteiger partial charge in [-0.3, -0.25) is 9.89 Å². The molecule has 0 spiro atoms. The van der Waals surface area contributed by atoms with Crippen molar-refractivity contribution in [1.29, 1.82) is 0 Å². The molecule has 0 fully saturated rings. The maximum atomic E-state index is 11.6. The van der Waals surface area contributed by atoms with Crippen molar-refractivity contribution in [2.24, 2.45) is 0 Å². The predicted octanol–water partition coefficient (Wildman–Crippen LogP) is 2.62. The second-order valence-electron chi connectivity index (χ2n) is 3.89. The van der Waals surface area contributed by atoms with Crippen LogP contribution < -0.4 is 5.32 Å². The Morgan fingerprint density at radius 2 is 2.11 bits per heavy atom. The molecule has 0 aliphatic heterocycles. The number of hydrogen-bond donors (Lipinski definition) is 2. The third-order valence-corrected chi connectivity index (χ3v) is 2.57. The molecule has 0 bridgehead atoms. The van der Waals surface area contributed by atoms with Crippen molar-refractivity contribution < 1.29 is 4.79 Å². The van der Waals surface area contributed by atoms with Crippen LogP contribution in [0.3, 0.4) is 0 Å². The van der Waals surface area contributed by atoms with Gasteiger partial charge >= 0.3 is 0 Å². The highest BCUT2D eigenvalue weighted by molar-refractivity contribution is 6.01. The fourth-order valence-corrected chi connectivity index (χ4v) is 1.54. The highest BCUT2D eigenvalue weighted by Gasteiger charge is 1.97. The van der Waals surface area contributed by atoms with E-state index in [4.69, 9.17) is 0 Å². The van der Waals surface area contributed by atoms with Crippen LogP contribution in [0, 0.1) is 0 Å². The van der Waals surface area contributed by atoms with Gasteiger partial charge in [-0.25, -0.2) is 0 Å². The smallest absolute Gasteiger partial charge is 0.249 e. The zero-order chi connectivity index (χ0) is 12.8. The quantitative estimate of drug-likeness (QED) is 0.808. The van der Waals surface area contributed by atoms with E-state index < -0.39 is 0 Å². The zero-order valence-electron chi connectivity index (χ0n) is 10.2. The van der Waals surface area contributed by atoms with Crippen LogP contribution in [0.5, 0.6) is 0 Å². The number of H-pyrrole nitrogens is 1. The summed E-state index contributed by atoms with van der Waals surface area (Å²) in [7, 11) is 0. The van der Waals surface area contributed by atoms with Gasteiger partial charge in [0.05, 0.1) is 6.20 Å². The Hall–Kier alpha value is -2.36. The minimum atomic E-state index is -0.182. The normalized spacial score (nSPS) is 10.7. The first-order valence-electron chi connectivity index (χ1n) is 5.85.